The van der Waals surface area contributed by atoms with Crippen LogP contribution in [0.4, 0.5) is 11.4 Å². The topological polar surface area (TPSA) is 98.4 Å². The van der Waals surface area contributed by atoms with Gasteiger partial charge < -0.3 is 16.4 Å². The molecule has 0 saturated carbocycles. The van der Waals surface area contributed by atoms with Gasteiger partial charge >= 0.3 is 0 Å². The van der Waals surface area contributed by atoms with Crippen LogP contribution in [0.3, 0.4) is 0 Å². The molecular weight excluding hydrogens is 220 g/mol. The molecule has 0 atom stereocenters. The monoisotopic (exact) mass is 238 g/mol. The summed E-state index contributed by atoms with van der Waals surface area (Å²) in [7, 11) is 0. The number of benzene rings is 1. The third-order valence-corrected chi connectivity index (χ3v) is 2.54. The smallest absolute Gasteiger partial charge is 0.271 e. The first-order valence-electron chi connectivity index (χ1n) is 5.50. The Kier molecular flexibility index (Phi) is 4.86. The molecule has 0 saturated heterocycles. The van der Waals surface area contributed by atoms with Crippen LogP contribution in [0.25, 0.3) is 0 Å². The van der Waals surface area contributed by atoms with Crippen molar-refractivity contribution in [3.05, 3.63) is 33.9 Å². The second kappa shape index (κ2) is 6.17. The highest BCUT2D eigenvalue weighted by atomic mass is 16.6. The number of anilines is 1. The Morgan fingerprint density at radius 3 is 2.35 bits per heavy atom. The molecule has 0 radical (unpaired) electrons. The third kappa shape index (κ3) is 3.40. The van der Waals surface area contributed by atoms with E-state index in [1.807, 2.05) is 11.8 Å². The molecular formula is C11H18N4O2. The molecule has 17 heavy (non-hydrogen) atoms. The van der Waals surface area contributed by atoms with Gasteiger partial charge in [-0.1, -0.05) is 6.07 Å². The molecule has 0 amide bonds. The molecule has 0 unspecified atom stereocenters. The van der Waals surface area contributed by atoms with E-state index in [1.54, 1.807) is 12.1 Å². The van der Waals surface area contributed by atoms with Crippen LogP contribution in [0, 0.1) is 17.0 Å². The molecule has 0 aromatic heterocycles. The molecule has 1 rings (SSSR count). The Bertz CT molecular complexity index is 389. The first kappa shape index (κ1) is 13.4. The average Bonchev–Trinajstić information content (AvgIpc) is 2.29. The summed E-state index contributed by atoms with van der Waals surface area (Å²) in [5.74, 6) is 0. The summed E-state index contributed by atoms with van der Waals surface area (Å²) in [6.45, 7) is 4.17. The standard InChI is InChI=1S/C11H18N4O2/c1-9-2-3-10(15(16)17)8-11(9)14(6-4-12)7-5-13/h2-3,8H,4-7,12-13H2,1H3. The number of nitro benzene ring substituents is 1. The second-order valence-corrected chi connectivity index (χ2v) is 3.79. The predicted octanol–water partition coefficient (Wildman–Crippen LogP) is 0.627. The first-order chi connectivity index (χ1) is 8.10. The van der Waals surface area contributed by atoms with Crippen molar-refractivity contribution in [1.29, 1.82) is 0 Å². The minimum Gasteiger partial charge on any atom is -0.369 e. The minimum atomic E-state index is -0.397. The van der Waals surface area contributed by atoms with Crippen LogP contribution in [0.1, 0.15) is 5.56 Å². The summed E-state index contributed by atoms with van der Waals surface area (Å²) in [6.07, 6.45) is 0. The van der Waals surface area contributed by atoms with Crippen molar-refractivity contribution in [1.82, 2.24) is 0 Å². The molecule has 6 nitrogen and oxygen atoms in total. The van der Waals surface area contributed by atoms with Crippen LogP contribution in [0.2, 0.25) is 0 Å². The Morgan fingerprint density at radius 2 is 1.88 bits per heavy atom. The molecule has 1 aromatic rings. The number of aryl methyl sites for hydroxylation is 1. The van der Waals surface area contributed by atoms with Crippen molar-refractivity contribution in [3.8, 4) is 0 Å². The van der Waals surface area contributed by atoms with Gasteiger partial charge in [0.15, 0.2) is 0 Å². The zero-order valence-electron chi connectivity index (χ0n) is 9.93. The highest BCUT2D eigenvalue weighted by molar-refractivity contribution is 5.58. The lowest BCUT2D eigenvalue weighted by Gasteiger charge is -2.25. The largest absolute Gasteiger partial charge is 0.369 e. The number of nitro groups is 1. The van der Waals surface area contributed by atoms with Crippen LogP contribution in [0.5, 0.6) is 0 Å². The average molecular weight is 238 g/mol. The van der Waals surface area contributed by atoms with E-state index in [1.165, 1.54) is 6.07 Å². The minimum absolute atomic E-state index is 0.0876. The number of rotatable bonds is 6. The summed E-state index contributed by atoms with van der Waals surface area (Å²) in [5.41, 5.74) is 13.0. The van der Waals surface area contributed by atoms with E-state index in [-0.39, 0.29) is 5.69 Å². The molecule has 4 N–H and O–H groups in total. The van der Waals surface area contributed by atoms with Crippen molar-refractivity contribution < 1.29 is 4.92 Å². The van der Waals surface area contributed by atoms with E-state index in [9.17, 15) is 10.1 Å². The van der Waals surface area contributed by atoms with Crippen LogP contribution >= 0.6 is 0 Å². The Hall–Kier alpha value is -1.66. The number of hydrogen-bond acceptors (Lipinski definition) is 5. The second-order valence-electron chi connectivity index (χ2n) is 3.79. The number of nitrogens with zero attached hydrogens (tertiary/aromatic N) is 2. The van der Waals surface area contributed by atoms with Crippen LogP contribution in [-0.2, 0) is 0 Å². The van der Waals surface area contributed by atoms with E-state index in [0.717, 1.165) is 11.3 Å². The molecule has 0 aliphatic rings. The maximum absolute atomic E-state index is 10.7. The molecule has 1 aromatic carbocycles. The first-order valence-corrected chi connectivity index (χ1v) is 5.50. The van der Waals surface area contributed by atoms with E-state index in [2.05, 4.69) is 0 Å². The fraction of sp³-hybridized carbons (Fsp3) is 0.455. The van der Waals surface area contributed by atoms with Gasteiger partial charge in [0.1, 0.15) is 0 Å². The normalized spacial score (nSPS) is 10.3. The zero-order valence-corrected chi connectivity index (χ0v) is 9.93. The summed E-state index contributed by atoms with van der Waals surface area (Å²) >= 11 is 0. The Labute approximate surface area is 100 Å². The lowest BCUT2D eigenvalue weighted by Crippen LogP contribution is -2.34. The van der Waals surface area contributed by atoms with E-state index in [0.29, 0.717) is 26.2 Å². The fourth-order valence-electron chi connectivity index (χ4n) is 1.72. The summed E-state index contributed by atoms with van der Waals surface area (Å²) in [4.78, 5) is 12.3. The van der Waals surface area contributed by atoms with Crippen LogP contribution < -0.4 is 16.4 Å². The van der Waals surface area contributed by atoms with Crippen molar-refractivity contribution in [2.45, 2.75) is 6.92 Å². The van der Waals surface area contributed by atoms with E-state index >= 15 is 0 Å². The predicted molar refractivity (Wildman–Crippen MR) is 68.2 cm³/mol. The number of nitrogens with two attached hydrogens (primary N) is 2. The fourth-order valence-corrected chi connectivity index (χ4v) is 1.72. The van der Waals surface area contributed by atoms with Gasteiger partial charge in [-0.2, -0.15) is 0 Å². The van der Waals surface area contributed by atoms with Crippen molar-refractivity contribution >= 4 is 11.4 Å². The summed E-state index contributed by atoms with van der Waals surface area (Å²) < 4.78 is 0. The highest BCUT2D eigenvalue weighted by Crippen LogP contribution is 2.25. The zero-order chi connectivity index (χ0) is 12.8. The third-order valence-electron chi connectivity index (χ3n) is 2.54. The Morgan fingerprint density at radius 1 is 1.29 bits per heavy atom. The molecule has 0 aliphatic carbocycles. The molecule has 0 bridgehead atoms. The molecule has 6 heteroatoms. The lowest BCUT2D eigenvalue weighted by atomic mass is 10.1. The summed E-state index contributed by atoms with van der Waals surface area (Å²) in [5, 5.41) is 10.7. The van der Waals surface area contributed by atoms with Gasteiger partial charge in [-0.15, -0.1) is 0 Å². The van der Waals surface area contributed by atoms with Crippen molar-refractivity contribution in [3.63, 3.8) is 0 Å². The van der Waals surface area contributed by atoms with E-state index < -0.39 is 4.92 Å². The molecule has 94 valence electrons. The van der Waals surface area contributed by atoms with Gasteiger partial charge in [-0.3, -0.25) is 10.1 Å². The molecule has 0 fully saturated rings. The lowest BCUT2D eigenvalue weighted by molar-refractivity contribution is -0.384. The van der Waals surface area contributed by atoms with Gasteiger partial charge in [-0.05, 0) is 12.5 Å². The van der Waals surface area contributed by atoms with Gasteiger partial charge in [0, 0.05) is 44.0 Å². The van der Waals surface area contributed by atoms with Crippen LogP contribution in [-0.4, -0.2) is 31.1 Å². The van der Waals surface area contributed by atoms with Gasteiger partial charge in [-0.25, -0.2) is 0 Å². The van der Waals surface area contributed by atoms with Gasteiger partial charge in [0.05, 0.1) is 4.92 Å². The van der Waals surface area contributed by atoms with Crippen LogP contribution in [0.15, 0.2) is 18.2 Å². The maximum atomic E-state index is 10.7. The molecule has 0 spiro atoms. The number of hydrogen-bond donors (Lipinski definition) is 2. The molecule has 0 aliphatic heterocycles. The van der Waals surface area contributed by atoms with Gasteiger partial charge in [0.2, 0.25) is 0 Å². The SMILES string of the molecule is Cc1ccc([N+](=O)[O-])cc1N(CCN)CCN. The van der Waals surface area contributed by atoms with Crippen molar-refractivity contribution in [2.24, 2.45) is 11.5 Å². The summed E-state index contributed by atoms with van der Waals surface area (Å²) in [6, 6.07) is 4.82. The van der Waals surface area contributed by atoms with Crippen molar-refractivity contribution in [2.75, 3.05) is 31.1 Å². The quantitative estimate of drug-likeness (QED) is 0.559. The number of non-ortho nitro benzene ring substituents is 1. The molecule has 0 heterocycles. The Balaban J connectivity index is 3.07. The van der Waals surface area contributed by atoms with Gasteiger partial charge in [0.25, 0.3) is 5.69 Å². The maximum Gasteiger partial charge on any atom is 0.271 e. The highest BCUT2D eigenvalue weighted by Gasteiger charge is 2.13. The van der Waals surface area contributed by atoms with E-state index in [4.69, 9.17) is 11.5 Å².